The maximum Gasteiger partial charge on any atom is 0.245 e. The van der Waals surface area contributed by atoms with Crippen molar-refractivity contribution in [2.24, 2.45) is 11.5 Å². The topological polar surface area (TPSA) is 121 Å². The van der Waals surface area contributed by atoms with Crippen molar-refractivity contribution in [3.8, 4) is 0 Å². The maximum absolute atomic E-state index is 13.5. The number of hydrogen-bond donors (Lipinski definition) is 3. The Morgan fingerprint density at radius 3 is 2.62 bits per heavy atom. The van der Waals surface area contributed by atoms with E-state index in [-0.39, 0.29) is 29.7 Å². The summed E-state index contributed by atoms with van der Waals surface area (Å²) in [5, 5.41) is 8.90. The monoisotopic (exact) mass is 466 g/mol. The number of hydrogen-bond acceptors (Lipinski definition) is 4. The van der Waals surface area contributed by atoms with E-state index in [1.807, 2.05) is 23.1 Å². The van der Waals surface area contributed by atoms with Gasteiger partial charge in [-0.05, 0) is 75.9 Å². The summed E-state index contributed by atoms with van der Waals surface area (Å²) >= 11 is 0. The number of benzene rings is 1. The first-order valence-corrected chi connectivity index (χ1v) is 12.7. The molecule has 8 heteroatoms. The Labute approximate surface area is 201 Å². The Morgan fingerprint density at radius 2 is 1.88 bits per heavy atom. The van der Waals surface area contributed by atoms with Gasteiger partial charge in [0.05, 0.1) is 0 Å². The second kappa shape index (κ2) is 10.6. The van der Waals surface area contributed by atoms with E-state index in [1.165, 1.54) is 5.69 Å². The number of nitrogens with zero attached hydrogens (tertiary/aromatic N) is 3. The summed E-state index contributed by atoms with van der Waals surface area (Å²) in [4.78, 5) is 30.0. The van der Waals surface area contributed by atoms with Crippen molar-refractivity contribution in [1.29, 1.82) is 5.41 Å². The lowest BCUT2D eigenvalue weighted by Gasteiger charge is -2.31. The third-order valence-corrected chi connectivity index (χ3v) is 7.46. The van der Waals surface area contributed by atoms with Gasteiger partial charge in [-0.1, -0.05) is 12.1 Å². The third kappa shape index (κ3) is 4.82. The van der Waals surface area contributed by atoms with Gasteiger partial charge in [-0.3, -0.25) is 15.0 Å². The molecule has 2 fully saturated rings. The van der Waals surface area contributed by atoms with E-state index in [4.69, 9.17) is 16.9 Å². The number of carbonyl (C=O) groups excluding carboxylic acids is 2. The van der Waals surface area contributed by atoms with Gasteiger partial charge in [0.15, 0.2) is 0 Å². The van der Waals surface area contributed by atoms with Crippen LogP contribution in [-0.4, -0.2) is 63.7 Å². The first-order chi connectivity index (χ1) is 16.4. The van der Waals surface area contributed by atoms with Gasteiger partial charge in [-0.2, -0.15) is 0 Å². The third-order valence-electron chi connectivity index (χ3n) is 7.46. The molecule has 2 aromatic rings. The van der Waals surface area contributed by atoms with Gasteiger partial charge in [0.1, 0.15) is 11.9 Å². The lowest BCUT2D eigenvalue weighted by Crippen LogP contribution is -2.49. The molecule has 4 rings (SSSR count). The number of nitrogen functional groups attached to an aromatic ring is 1. The van der Waals surface area contributed by atoms with Crippen molar-refractivity contribution in [1.82, 2.24) is 14.4 Å². The minimum Gasteiger partial charge on any atom is -0.384 e. The van der Waals surface area contributed by atoms with Gasteiger partial charge in [0, 0.05) is 48.9 Å². The fourth-order valence-electron chi connectivity index (χ4n) is 5.71. The molecule has 0 bridgehead atoms. The molecule has 8 nitrogen and oxygen atoms in total. The molecule has 34 heavy (non-hydrogen) atoms. The van der Waals surface area contributed by atoms with Crippen LogP contribution in [0.5, 0.6) is 0 Å². The van der Waals surface area contributed by atoms with E-state index >= 15 is 0 Å². The first-order valence-electron chi connectivity index (χ1n) is 12.7. The highest BCUT2D eigenvalue weighted by atomic mass is 16.2. The van der Waals surface area contributed by atoms with E-state index in [9.17, 15) is 9.59 Å². The summed E-state index contributed by atoms with van der Waals surface area (Å²) < 4.78 is 2.29. The zero-order valence-corrected chi connectivity index (χ0v) is 20.3. The lowest BCUT2D eigenvalue weighted by molar-refractivity contribution is -0.144. The number of carbonyl (C=O) groups is 2. The van der Waals surface area contributed by atoms with Crippen LogP contribution in [0, 0.1) is 5.41 Å². The van der Waals surface area contributed by atoms with Crippen LogP contribution in [-0.2, 0) is 22.6 Å². The molecule has 3 heterocycles. The lowest BCUT2D eigenvalue weighted by atomic mass is 10.1. The van der Waals surface area contributed by atoms with Gasteiger partial charge < -0.3 is 25.8 Å². The quantitative estimate of drug-likeness (QED) is 0.388. The zero-order valence-electron chi connectivity index (χ0n) is 20.3. The number of amides is 2. The Kier molecular flexibility index (Phi) is 7.56. The second-order valence-corrected chi connectivity index (χ2v) is 9.57. The summed E-state index contributed by atoms with van der Waals surface area (Å²) in [6, 6.07) is 8.05. The van der Waals surface area contributed by atoms with Crippen LogP contribution < -0.4 is 11.5 Å². The molecule has 0 unspecified atom stereocenters. The largest absolute Gasteiger partial charge is 0.384 e. The highest BCUT2D eigenvalue weighted by Crippen LogP contribution is 2.29. The summed E-state index contributed by atoms with van der Waals surface area (Å²) in [5.41, 5.74) is 14.4. The molecule has 5 N–H and O–H groups in total. The van der Waals surface area contributed by atoms with Crippen LogP contribution in [0.3, 0.4) is 0 Å². The number of rotatable bonds is 9. The van der Waals surface area contributed by atoms with Crippen LogP contribution in [0.1, 0.15) is 63.1 Å². The average molecular weight is 467 g/mol. The Balaban J connectivity index is 1.45. The molecule has 0 saturated carbocycles. The van der Waals surface area contributed by atoms with Crippen LogP contribution in [0.2, 0.25) is 0 Å². The van der Waals surface area contributed by atoms with E-state index in [0.717, 1.165) is 68.1 Å². The molecule has 0 aliphatic carbocycles. The van der Waals surface area contributed by atoms with Crippen LogP contribution in [0.25, 0.3) is 10.9 Å². The Hall–Kier alpha value is -2.87. The fourth-order valence-corrected chi connectivity index (χ4v) is 5.71. The minimum absolute atomic E-state index is 0.0643. The Bertz CT molecular complexity index is 1060. The molecule has 184 valence electrons. The van der Waals surface area contributed by atoms with Crippen molar-refractivity contribution in [2.75, 3.05) is 19.6 Å². The molecule has 2 aliphatic heterocycles. The van der Waals surface area contributed by atoms with Crippen molar-refractivity contribution >= 4 is 28.6 Å². The maximum atomic E-state index is 13.5. The molecule has 1 aromatic carbocycles. The molecule has 1 aromatic heterocycles. The first kappa shape index (κ1) is 24.3. The van der Waals surface area contributed by atoms with Crippen molar-refractivity contribution in [2.45, 2.75) is 76.9 Å². The van der Waals surface area contributed by atoms with Gasteiger partial charge in [0.25, 0.3) is 0 Å². The van der Waals surface area contributed by atoms with Gasteiger partial charge in [0.2, 0.25) is 11.8 Å². The molecule has 0 radical (unpaired) electrons. The fraction of sp³-hybridized carbons (Fsp3) is 0.577. The molecular weight excluding hydrogens is 428 g/mol. The number of aromatic nitrogens is 1. The molecule has 2 saturated heterocycles. The van der Waals surface area contributed by atoms with Gasteiger partial charge in [-0.25, -0.2) is 0 Å². The average Bonchev–Trinajstić information content (AvgIpc) is 3.57. The van der Waals surface area contributed by atoms with Crippen LogP contribution in [0.4, 0.5) is 0 Å². The molecule has 0 spiro atoms. The normalized spacial score (nSPS) is 20.4. The second-order valence-electron chi connectivity index (χ2n) is 9.57. The van der Waals surface area contributed by atoms with Crippen molar-refractivity contribution < 1.29 is 9.59 Å². The van der Waals surface area contributed by atoms with Gasteiger partial charge in [-0.15, -0.1) is 0 Å². The van der Waals surface area contributed by atoms with Gasteiger partial charge >= 0.3 is 0 Å². The highest BCUT2D eigenvalue weighted by molar-refractivity contribution is 5.98. The van der Waals surface area contributed by atoms with E-state index in [1.54, 1.807) is 4.90 Å². The zero-order chi connectivity index (χ0) is 24.2. The molecule has 2 atom stereocenters. The van der Waals surface area contributed by atoms with Crippen molar-refractivity contribution in [3.05, 3.63) is 35.5 Å². The summed E-state index contributed by atoms with van der Waals surface area (Å²) in [5.74, 6) is 0.271. The summed E-state index contributed by atoms with van der Waals surface area (Å²) in [6.45, 7) is 4.93. The predicted molar refractivity (Wildman–Crippen MR) is 135 cm³/mol. The highest BCUT2D eigenvalue weighted by Gasteiger charge is 2.39. The predicted octanol–water partition coefficient (Wildman–Crippen LogP) is 2.60. The number of likely N-dealkylation sites (tertiary alicyclic amines) is 2. The molecular formula is C26H38N6O2. The number of fused-ring (bicyclic) bond motifs is 1. The van der Waals surface area contributed by atoms with Crippen LogP contribution in [0.15, 0.2) is 24.3 Å². The van der Waals surface area contributed by atoms with E-state index < -0.39 is 0 Å². The van der Waals surface area contributed by atoms with E-state index in [2.05, 4.69) is 17.6 Å². The Morgan fingerprint density at radius 1 is 1.12 bits per heavy atom. The van der Waals surface area contributed by atoms with Crippen LogP contribution >= 0.6 is 0 Å². The SMILES string of the molecule is CCn1c(CC[C@@H]2CCCN2C(=O)[C@H]2CCCN2C(=O)CCCN)cc2ccc(C(=N)N)cc21. The number of amidine groups is 1. The molecule has 2 aliphatic rings. The number of nitrogens with two attached hydrogens (primary N) is 2. The minimum atomic E-state index is -0.307. The summed E-state index contributed by atoms with van der Waals surface area (Å²) in [7, 11) is 0. The number of aryl methyl sites for hydroxylation is 2. The van der Waals surface area contributed by atoms with Crippen molar-refractivity contribution in [3.63, 3.8) is 0 Å². The molecule has 2 amide bonds. The summed E-state index contributed by atoms with van der Waals surface area (Å²) in [6.07, 6.45) is 6.58. The standard InChI is InChI=1S/C26H38N6O2/c1-2-30-21(16-18-9-10-19(25(28)29)17-23(18)30)12-11-20-6-4-14-31(20)26(34)22-7-5-15-32(22)24(33)8-3-13-27/h9-10,16-17,20,22H,2-8,11-15,27H2,1H3,(H3,28,29)/t20-,22+/m0/s1. The number of nitrogens with one attached hydrogen (secondary N) is 1. The smallest absolute Gasteiger partial charge is 0.245 e. The van der Waals surface area contributed by atoms with E-state index in [0.29, 0.717) is 25.9 Å².